The molecule has 1 atom stereocenters. The fourth-order valence-electron chi connectivity index (χ4n) is 3.81. The Balaban J connectivity index is 1.79. The first kappa shape index (κ1) is 13.6. The molecule has 0 aromatic heterocycles. The number of alkyl halides is 1. The van der Waals surface area contributed by atoms with Crippen LogP contribution in [0, 0.1) is 0 Å². The highest BCUT2D eigenvalue weighted by molar-refractivity contribution is 9.09. The number of halogens is 1. The van der Waals surface area contributed by atoms with Crippen molar-refractivity contribution < 1.29 is 0 Å². The molecule has 1 heterocycles. The molecular weight excluding hydrogens is 298 g/mol. The van der Waals surface area contributed by atoms with E-state index in [1.807, 2.05) is 0 Å². The summed E-state index contributed by atoms with van der Waals surface area (Å²) in [5.41, 5.74) is 4.93. The molecule has 1 aromatic rings. The van der Waals surface area contributed by atoms with Crippen molar-refractivity contribution in [1.82, 2.24) is 4.90 Å². The fourth-order valence-corrected chi connectivity index (χ4v) is 4.09. The van der Waals surface area contributed by atoms with Crippen LogP contribution < -0.4 is 0 Å². The smallest absolute Gasteiger partial charge is 0.0354 e. The second kappa shape index (κ2) is 6.41. The Bertz CT molecular complexity index is 423. The van der Waals surface area contributed by atoms with Gasteiger partial charge in [0.2, 0.25) is 0 Å². The molecule has 0 radical (unpaired) electrons. The van der Waals surface area contributed by atoms with Crippen LogP contribution in [0.4, 0.5) is 0 Å². The second-order valence-electron chi connectivity index (χ2n) is 5.93. The van der Waals surface area contributed by atoms with Crippen LogP contribution >= 0.6 is 15.9 Å². The summed E-state index contributed by atoms with van der Waals surface area (Å²) in [7, 11) is 0. The summed E-state index contributed by atoms with van der Waals surface area (Å²) in [5.74, 6) is 0. The lowest BCUT2D eigenvalue weighted by Gasteiger charge is -2.32. The molecular formula is C17H24BrN. The zero-order valence-corrected chi connectivity index (χ0v) is 13.3. The lowest BCUT2D eigenvalue weighted by atomic mass is 9.98. The first-order valence-electron chi connectivity index (χ1n) is 7.81. The van der Waals surface area contributed by atoms with Crippen LogP contribution in [0.1, 0.15) is 54.8 Å². The van der Waals surface area contributed by atoms with E-state index >= 15 is 0 Å². The predicted molar refractivity (Wildman–Crippen MR) is 85.0 cm³/mol. The Morgan fingerprint density at radius 2 is 2.00 bits per heavy atom. The molecule has 1 aliphatic heterocycles. The number of hydrogen-bond acceptors (Lipinski definition) is 1. The number of fused-ring (bicyclic) bond motifs is 1. The summed E-state index contributed by atoms with van der Waals surface area (Å²) < 4.78 is 0. The van der Waals surface area contributed by atoms with Crippen LogP contribution in [0.2, 0.25) is 0 Å². The zero-order valence-electron chi connectivity index (χ0n) is 11.7. The lowest BCUT2D eigenvalue weighted by molar-refractivity contribution is 0.163. The van der Waals surface area contributed by atoms with E-state index in [1.165, 1.54) is 58.0 Å². The van der Waals surface area contributed by atoms with Gasteiger partial charge >= 0.3 is 0 Å². The van der Waals surface area contributed by atoms with Gasteiger partial charge in [0, 0.05) is 11.4 Å². The standard InChI is InChI=1S/C17H24BrN/c18-11-5-7-14-6-4-8-16-15(14)9-10-17(16)19-12-2-1-3-13-19/h4,6,8,17H,1-3,5,7,9-13H2. The van der Waals surface area contributed by atoms with Gasteiger partial charge in [-0.2, -0.15) is 0 Å². The van der Waals surface area contributed by atoms with Gasteiger partial charge in [-0.15, -0.1) is 0 Å². The molecule has 2 aliphatic rings. The summed E-state index contributed by atoms with van der Waals surface area (Å²) in [6.45, 7) is 2.63. The first-order chi connectivity index (χ1) is 9.40. The van der Waals surface area contributed by atoms with E-state index in [0.29, 0.717) is 0 Å². The second-order valence-corrected chi connectivity index (χ2v) is 6.72. The lowest BCUT2D eigenvalue weighted by Crippen LogP contribution is -2.32. The Morgan fingerprint density at radius 1 is 1.16 bits per heavy atom. The predicted octanol–water partition coefficient (Wildman–Crippen LogP) is 4.49. The van der Waals surface area contributed by atoms with Gasteiger partial charge in [0.1, 0.15) is 0 Å². The van der Waals surface area contributed by atoms with Crippen LogP contribution in [0.5, 0.6) is 0 Å². The van der Waals surface area contributed by atoms with Crippen molar-refractivity contribution in [3.63, 3.8) is 0 Å². The minimum atomic E-state index is 0.722. The van der Waals surface area contributed by atoms with Crippen LogP contribution in [-0.2, 0) is 12.8 Å². The first-order valence-corrected chi connectivity index (χ1v) is 8.93. The third-order valence-corrected chi connectivity index (χ3v) is 5.31. The third kappa shape index (κ3) is 2.90. The molecule has 3 rings (SSSR count). The van der Waals surface area contributed by atoms with Gasteiger partial charge in [-0.25, -0.2) is 0 Å². The van der Waals surface area contributed by atoms with E-state index < -0.39 is 0 Å². The van der Waals surface area contributed by atoms with Gasteiger partial charge in [-0.3, -0.25) is 4.90 Å². The highest BCUT2D eigenvalue weighted by Crippen LogP contribution is 2.38. The van der Waals surface area contributed by atoms with Gasteiger partial charge in [0.05, 0.1) is 0 Å². The minimum Gasteiger partial charge on any atom is -0.296 e. The van der Waals surface area contributed by atoms with Gasteiger partial charge in [-0.05, 0) is 68.3 Å². The molecule has 1 aliphatic carbocycles. The molecule has 1 nitrogen and oxygen atoms in total. The average Bonchev–Trinajstić information content (AvgIpc) is 2.90. The van der Waals surface area contributed by atoms with Crippen LogP contribution in [0.3, 0.4) is 0 Å². The highest BCUT2D eigenvalue weighted by Gasteiger charge is 2.29. The van der Waals surface area contributed by atoms with E-state index in [-0.39, 0.29) is 0 Å². The Hall–Kier alpha value is -0.340. The maximum absolute atomic E-state index is 3.55. The van der Waals surface area contributed by atoms with Crippen molar-refractivity contribution in [2.75, 3.05) is 18.4 Å². The Kier molecular flexibility index (Phi) is 4.60. The SMILES string of the molecule is BrCCCc1cccc2c1CCC2N1CCCCC1. The van der Waals surface area contributed by atoms with E-state index in [9.17, 15) is 0 Å². The topological polar surface area (TPSA) is 3.24 Å². The number of piperidine rings is 1. The molecule has 0 bridgehead atoms. The molecule has 19 heavy (non-hydrogen) atoms. The van der Waals surface area contributed by atoms with Crippen molar-refractivity contribution in [3.05, 3.63) is 34.9 Å². The molecule has 1 saturated heterocycles. The summed E-state index contributed by atoms with van der Waals surface area (Å²) in [6, 6.07) is 7.74. The molecule has 1 aromatic carbocycles. The Morgan fingerprint density at radius 3 is 2.79 bits per heavy atom. The van der Waals surface area contributed by atoms with Gasteiger partial charge in [0.15, 0.2) is 0 Å². The van der Waals surface area contributed by atoms with Gasteiger partial charge in [-0.1, -0.05) is 40.5 Å². The summed E-state index contributed by atoms with van der Waals surface area (Å²) in [4.78, 5) is 2.74. The molecule has 2 heteroatoms. The number of benzene rings is 1. The van der Waals surface area contributed by atoms with E-state index in [2.05, 4.69) is 39.0 Å². The monoisotopic (exact) mass is 321 g/mol. The van der Waals surface area contributed by atoms with Crippen molar-refractivity contribution >= 4 is 15.9 Å². The number of rotatable bonds is 4. The van der Waals surface area contributed by atoms with Gasteiger partial charge in [0.25, 0.3) is 0 Å². The van der Waals surface area contributed by atoms with E-state index in [1.54, 1.807) is 16.7 Å². The van der Waals surface area contributed by atoms with Crippen LogP contribution in [-0.4, -0.2) is 23.3 Å². The van der Waals surface area contributed by atoms with Crippen molar-refractivity contribution in [2.24, 2.45) is 0 Å². The van der Waals surface area contributed by atoms with Crippen LogP contribution in [0.15, 0.2) is 18.2 Å². The quantitative estimate of drug-likeness (QED) is 0.739. The number of likely N-dealkylation sites (tertiary alicyclic amines) is 1. The van der Waals surface area contributed by atoms with Crippen molar-refractivity contribution in [2.45, 2.75) is 51.0 Å². The molecule has 0 amide bonds. The van der Waals surface area contributed by atoms with E-state index in [0.717, 1.165) is 11.4 Å². The summed E-state index contributed by atoms with van der Waals surface area (Å²) in [5, 5.41) is 1.12. The number of aryl methyl sites for hydroxylation is 1. The molecule has 1 unspecified atom stereocenters. The minimum absolute atomic E-state index is 0.722. The van der Waals surface area contributed by atoms with Crippen LogP contribution in [0.25, 0.3) is 0 Å². The maximum atomic E-state index is 3.55. The molecule has 104 valence electrons. The fraction of sp³-hybridized carbons (Fsp3) is 0.647. The summed E-state index contributed by atoms with van der Waals surface area (Å²) >= 11 is 3.55. The molecule has 1 fully saturated rings. The Labute approximate surface area is 125 Å². The number of hydrogen-bond donors (Lipinski definition) is 0. The summed E-state index contributed by atoms with van der Waals surface area (Å²) in [6.07, 6.45) is 9.37. The van der Waals surface area contributed by atoms with E-state index in [4.69, 9.17) is 0 Å². The molecule has 0 N–H and O–H groups in total. The van der Waals surface area contributed by atoms with Gasteiger partial charge < -0.3 is 0 Å². The zero-order chi connectivity index (χ0) is 13.1. The average molecular weight is 322 g/mol. The largest absolute Gasteiger partial charge is 0.296 e. The van der Waals surface area contributed by atoms with Crippen molar-refractivity contribution in [3.8, 4) is 0 Å². The normalized spacial score (nSPS) is 23.5. The maximum Gasteiger partial charge on any atom is 0.0354 e. The molecule has 0 spiro atoms. The number of nitrogens with zero attached hydrogens (tertiary/aromatic N) is 1. The highest BCUT2D eigenvalue weighted by atomic mass is 79.9. The van der Waals surface area contributed by atoms with Crippen molar-refractivity contribution in [1.29, 1.82) is 0 Å². The third-order valence-electron chi connectivity index (χ3n) is 4.75. The molecule has 0 saturated carbocycles.